The zero-order valence-corrected chi connectivity index (χ0v) is 10.8. The summed E-state index contributed by atoms with van der Waals surface area (Å²) in [5.74, 6) is 7.09. The Morgan fingerprint density at radius 1 is 1.58 bits per heavy atom. The molecule has 1 aromatic rings. The molecule has 0 saturated carbocycles. The molecule has 19 heavy (non-hydrogen) atoms. The van der Waals surface area contributed by atoms with E-state index in [0.29, 0.717) is 30.6 Å². The molecule has 0 radical (unpaired) electrons. The topological polar surface area (TPSA) is 105 Å². The minimum absolute atomic E-state index is 0.00772. The molecule has 1 fully saturated rings. The summed E-state index contributed by atoms with van der Waals surface area (Å²) in [4.78, 5) is 22.0. The van der Waals surface area contributed by atoms with E-state index in [-0.39, 0.29) is 12.5 Å². The van der Waals surface area contributed by atoms with Crippen LogP contribution >= 0.6 is 0 Å². The van der Waals surface area contributed by atoms with E-state index in [2.05, 4.69) is 20.7 Å². The lowest BCUT2D eigenvalue weighted by Gasteiger charge is -2.21. The molecule has 0 aliphatic carbocycles. The SMILES string of the molecule is COCc1nc(NN)cc(N2CCCNC(=O)C2)n1. The van der Waals surface area contributed by atoms with Crippen molar-refractivity contribution in [2.75, 3.05) is 37.1 Å². The standard InChI is InChI=1S/C11H18N6O2/c1-19-7-9-14-8(16-12)5-10(15-9)17-4-2-3-13-11(18)6-17/h5H,2-4,6-7,12H2,1H3,(H,13,18)(H,14,15,16). The van der Waals surface area contributed by atoms with E-state index in [1.807, 2.05) is 4.90 Å². The lowest BCUT2D eigenvalue weighted by Crippen LogP contribution is -2.33. The fourth-order valence-electron chi connectivity index (χ4n) is 1.91. The molecule has 0 aromatic carbocycles. The molecule has 0 bridgehead atoms. The maximum atomic E-state index is 11.6. The molecule has 1 saturated heterocycles. The number of rotatable bonds is 4. The van der Waals surface area contributed by atoms with Crippen molar-refractivity contribution in [2.45, 2.75) is 13.0 Å². The van der Waals surface area contributed by atoms with Crippen molar-refractivity contribution < 1.29 is 9.53 Å². The van der Waals surface area contributed by atoms with Gasteiger partial charge < -0.3 is 20.4 Å². The van der Waals surface area contributed by atoms with Gasteiger partial charge in [0.05, 0.1) is 6.54 Å². The number of hydrogen-bond acceptors (Lipinski definition) is 7. The van der Waals surface area contributed by atoms with E-state index < -0.39 is 0 Å². The second-order valence-electron chi connectivity index (χ2n) is 4.23. The summed E-state index contributed by atoms with van der Waals surface area (Å²) in [5.41, 5.74) is 2.50. The number of ether oxygens (including phenoxy) is 1. The third-order valence-electron chi connectivity index (χ3n) is 2.77. The number of nitrogens with one attached hydrogen (secondary N) is 2. The molecule has 104 valence electrons. The van der Waals surface area contributed by atoms with Gasteiger partial charge in [-0.3, -0.25) is 4.79 Å². The molecule has 1 aliphatic rings. The van der Waals surface area contributed by atoms with Crippen molar-refractivity contribution in [3.05, 3.63) is 11.9 Å². The maximum Gasteiger partial charge on any atom is 0.239 e. The number of carbonyl (C=O) groups is 1. The zero-order valence-electron chi connectivity index (χ0n) is 10.8. The van der Waals surface area contributed by atoms with Crippen LogP contribution in [-0.2, 0) is 16.1 Å². The Labute approximate surface area is 111 Å². The van der Waals surface area contributed by atoms with Crippen LogP contribution in [0.4, 0.5) is 11.6 Å². The summed E-state index contributed by atoms with van der Waals surface area (Å²) in [5, 5.41) is 2.82. The molecule has 2 heterocycles. The third kappa shape index (κ3) is 3.52. The van der Waals surface area contributed by atoms with E-state index >= 15 is 0 Å². The van der Waals surface area contributed by atoms with Gasteiger partial charge in [-0.05, 0) is 6.42 Å². The third-order valence-corrected chi connectivity index (χ3v) is 2.77. The van der Waals surface area contributed by atoms with Crippen molar-refractivity contribution >= 4 is 17.5 Å². The molecule has 1 amide bonds. The van der Waals surface area contributed by atoms with Crippen LogP contribution in [0.15, 0.2) is 6.07 Å². The van der Waals surface area contributed by atoms with Crippen molar-refractivity contribution in [3.8, 4) is 0 Å². The Kier molecular flexibility index (Phi) is 4.48. The van der Waals surface area contributed by atoms with Crippen LogP contribution in [0.1, 0.15) is 12.2 Å². The largest absolute Gasteiger partial charge is 0.377 e. The number of amides is 1. The Morgan fingerprint density at radius 3 is 3.16 bits per heavy atom. The predicted molar refractivity (Wildman–Crippen MR) is 70.4 cm³/mol. The fourth-order valence-corrected chi connectivity index (χ4v) is 1.91. The van der Waals surface area contributed by atoms with Gasteiger partial charge in [-0.1, -0.05) is 0 Å². The zero-order chi connectivity index (χ0) is 13.7. The molecule has 1 aromatic heterocycles. The summed E-state index contributed by atoms with van der Waals surface area (Å²) in [6.07, 6.45) is 0.876. The van der Waals surface area contributed by atoms with Gasteiger partial charge in [0, 0.05) is 26.3 Å². The molecule has 4 N–H and O–H groups in total. The lowest BCUT2D eigenvalue weighted by molar-refractivity contribution is -0.119. The highest BCUT2D eigenvalue weighted by Gasteiger charge is 2.17. The highest BCUT2D eigenvalue weighted by molar-refractivity contribution is 5.81. The summed E-state index contributed by atoms with van der Waals surface area (Å²) >= 11 is 0. The lowest BCUT2D eigenvalue weighted by atomic mass is 10.3. The maximum absolute atomic E-state index is 11.6. The minimum atomic E-state index is -0.00772. The van der Waals surface area contributed by atoms with Crippen LogP contribution in [-0.4, -0.2) is 42.6 Å². The normalized spacial score (nSPS) is 15.9. The van der Waals surface area contributed by atoms with Gasteiger partial charge in [0.15, 0.2) is 5.82 Å². The minimum Gasteiger partial charge on any atom is -0.377 e. The van der Waals surface area contributed by atoms with Crippen LogP contribution < -0.4 is 21.5 Å². The monoisotopic (exact) mass is 266 g/mol. The second kappa shape index (κ2) is 6.30. The Balaban J connectivity index is 2.25. The molecule has 0 atom stereocenters. The number of hydrogen-bond donors (Lipinski definition) is 3. The average molecular weight is 266 g/mol. The Hall–Kier alpha value is -1.93. The Bertz CT molecular complexity index is 453. The molecule has 0 unspecified atom stereocenters. The van der Waals surface area contributed by atoms with Gasteiger partial charge in [-0.2, -0.15) is 0 Å². The van der Waals surface area contributed by atoms with E-state index in [1.165, 1.54) is 0 Å². The molecule has 8 nitrogen and oxygen atoms in total. The van der Waals surface area contributed by atoms with E-state index in [0.717, 1.165) is 13.0 Å². The fraction of sp³-hybridized carbons (Fsp3) is 0.545. The van der Waals surface area contributed by atoms with Crippen molar-refractivity contribution in [3.63, 3.8) is 0 Å². The van der Waals surface area contributed by atoms with Gasteiger partial charge in [0.1, 0.15) is 18.2 Å². The summed E-state index contributed by atoms with van der Waals surface area (Å²) < 4.78 is 5.02. The molecule has 2 rings (SSSR count). The quantitative estimate of drug-likeness (QED) is 0.485. The highest BCUT2D eigenvalue weighted by Crippen LogP contribution is 2.17. The number of anilines is 2. The van der Waals surface area contributed by atoms with Crippen LogP contribution in [0.2, 0.25) is 0 Å². The number of hydrazine groups is 1. The van der Waals surface area contributed by atoms with Crippen LogP contribution in [0.25, 0.3) is 0 Å². The van der Waals surface area contributed by atoms with E-state index in [9.17, 15) is 4.79 Å². The van der Waals surface area contributed by atoms with Gasteiger partial charge in [0.25, 0.3) is 0 Å². The van der Waals surface area contributed by atoms with Crippen LogP contribution in [0, 0.1) is 0 Å². The smallest absolute Gasteiger partial charge is 0.239 e. The van der Waals surface area contributed by atoms with Gasteiger partial charge in [-0.25, -0.2) is 15.8 Å². The van der Waals surface area contributed by atoms with E-state index in [4.69, 9.17) is 10.6 Å². The first-order chi connectivity index (χ1) is 9.22. The molecular weight excluding hydrogens is 248 g/mol. The van der Waals surface area contributed by atoms with Crippen LogP contribution in [0.3, 0.4) is 0 Å². The van der Waals surface area contributed by atoms with Crippen molar-refractivity contribution in [1.82, 2.24) is 15.3 Å². The number of carbonyl (C=O) groups excluding carboxylic acids is 1. The van der Waals surface area contributed by atoms with Crippen molar-refractivity contribution in [2.24, 2.45) is 5.84 Å². The summed E-state index contributed by atoms with van der Waals surface area (Å²) in [6, 6.07) is 1.72. The Morgan fingerprint density at radius 2 is 2.42 bits per heavy atom. The number of nitrogens with zero attached hydrogens (tertiary/aromatic N) is 3. The van der Waals surface area contributed by atoms with E-state index in [1.54, 1.807) is 13.2 Å². The highest BCUT2D eigenvalue weighted by atomic mass is 16.5. The summed E-state index contributed by atoms with van der Waals surface area (Å²) in [7, 11) is 1.57. The van der Waals surface area contributed by atoms with Crippen LogP contribution in [0.5, 0.6) is 0 Å². The molecular formula is C11H18N6O2. The summed E-state index contributed by atoms with van der Waals surface area (Å²) in [6.45, 7) is 2.02. The first-order valence-corrected chi connectivity index (χ1v) is 6.08. The number of nitrogen functional groups attached to an aromatic ring is 1. The van der Waals surface area contributed by atoms with Gasteiger partial charge >= 0.3 is 0 Å². The molecule has 8 heteroatoms. The van der Waals surface area contributed by atoms with Crippen molar-refractivity contribution in [1.29, 1.82) is 0 Å². The average Bonchev–Trinajstić information content (AvgIpc) is 2.63. The first-order valence-electron chi connectivity index (χ1n) is 6.08. The molecule has 1 aliphatic heterocycles. The molecule has 0 spiro atoms. The number of aromatic nitrogens is 2. The number of nitrogens with two attached hydrogens (primary N) is 1. The van der Waals surface area contributed by atoms with Gasteiger partial charge in [-0.15, -0.1) is 0 Å². The second-order valence-corrected chi connectivity index (χ2v) is 4.23. The van der Waals surface area contributed by atoms with Gasteiger partial charge in [0.2, 0.25) is 5.91 Å². The first kappa shape index (κ1) is 13.5. The number of methoxy groups -OCH3 is 1. The predicted octanol–water partition coefficient (Wildman–Crippen LogP) is -0.765.